The van der Waals surface area contributed by atoms with Gasteiger partial charge in [-0.05, 0) is 24.8 Å². The van der Waals surface area contributed by atoms with Gasteiger partial charge in [0.25, 0.3) is 11.6 Å². The third-order valence-electron chi connectivity index (χ3n) is 5.52. The lowest BCUT2D eigenvalue weighted by Crippen LogP contribution is -3.15. The van der Waals surface area contributed by atoms with E-state index in [9.17, 15) is 23.3 Å². The molecule has 0 unspecified atom stereocenters. The van der Waals surface area contributed by atoms with Crippen LogP contribution >= 0.6 is 0 Å². The number of piperazine rings is 1. The molecular formula is C18H27N4O5S+. The fraction of sp³-hybridized carbons (Fsp3) is 0.611. The maximum absolute atomic E-state index is 12.9. The average molecular weight is 412 g/mol. The average Bonchev–Trinajstić information content (AvgIpc) is 2.68. The third kappa shape index (κ3) is 4.50. The molecule has 0 aliphatic carbocycles. The van der Waals surface area contributed by atoms with Crippen molar-refractivity contribution in [2.75, 3.05) is 45.8 Å². The monoisotopic (exact) mass is 411 g/mol. The van der Waals surface area contributed by atoms with E-state index >= 15 is 0 Å². The van der Waals surface area contributed by atoms with Gasteiger partial charge in [0.05, 0.1) is 31.1 Å². The molecule has 28 heavy (non-hydrogen) atoms. The fourth-order valence-electron chi connectivity index (χ4n) is 3.93. The molecule has 154 valence electrons. The molecule has 0 spiro atoms. The Labute approximate surface area is 165 Å². The molecule has 2 fully saturated rings. The Kier molecular flexibility index (Phi) is 6.31. The number of hydrogen-bond donors (Lipinski definition) is 1. The molecule has 2 aliphatic heterocycles. The normalized spacial score (nSPS) is 22.2. The maximum atomic E-state index is 12.9. The summed E-state index contributed by atoms with van der Waals surface area (Å²) in [5, 5.41) is 11.2. The molecular weight excluding hydrogens is 384 g/mol. The summed E-state index contributed by atoms with van der Waals surface area (Å²) in [6, 6.07) is 5.41. The van der Waals surface area contributed by atoms with Crippen LogP contribution < -0.4 is 4.90 Å². The van der Waals surface area contributed by atoms with Crippen molar-refractivity contribution in [3.8, 4) is 0 Å². The van der Waals surface area contributed by atoms with Crippen molar-refractivity contribution in [2.45, 2.75) is 24.7 Å². The number of rotatable bonds is 5. The number of carbonyl (C=O) groups is 1. The van der Waals surface area contributed by atoms with Crippen molar-refractivity contribution in [1.29, 1.82) is 0 Å². The van der Waals surface area contributed by atoms with E-state index in [0.717, 1.165) is 30.8 Å². The second-order valence-electron chi connectivity index (χ2n) is 7.64. The van der Waals surface area contributed by atoms with Crippen LogP contribution in [0.2, 0.25) is 0 Å². The second-order valence-corrected chi connectivity index (χ2v) is 9.55. The zero-order valence-electron chi connectivity index (χ0n) is 16.0. The third-order valence-corrected chi connectivity index (χ3v) is 7.47. The number of benzene rings is 1. The van der Waals surface area contributed by atoms with Crippen LogP contribution in [0.1, 0.15) is 19.8 Å². The Morgan fingerprint density at radius 1 is 1.25 bits per heavy atom. The largest absolute Gasteiger partial charge is 0.338 e. The van der Waals surface area contributed by atoms with Gasteiger partial charge in [0, 0.05) is 19.2 Å². The first-order valence-corrected chi connectivity index (χ1v) is 11.1. The van der Waals surface area contributed by atoms with E-state index in [1.54, 1.807) is 0 Å². The van der Waals surface area contributed by atoms with E-state index in [1.165, 1.54) is 28.6 Å². The summed E-state index contributed by atoms with van der Waals surface area (Å²) in [5.74, 6) is 0.646. The first-order chi connectivity index (χ1) is 13.3. The smallest absolute Gasteiger partial charge is 0.289 e. The molecule has 0 bridgehead atoms. The highest BCUT2D eigenvalue weighted by Gasteiger charge is 2.35. The number of likely N-dealkylation sites (tertiary alicyclic amines) is 1. The summed E-state index contributed by atoms with van der Waals surface area (Å²) < 4.78 is 27.0. The van der Waals surface area contributed by atoms with Gasteiger partial charge >= 0.3 is 0 Å². The maximum Gasteiger partial charge on any atom is 0.289 e. The second kappa shape index (κ2) is 8.54. The highest BCUT2D eigenvalue weighted by Crippen LogP contribution is 2.26. The van der Waals surface area contributed by atoms with Crippen LogP contribution in [0.25, 0.3) is 0 Å². The molecule has 10 heteroatoms. The molecule has 1 atom stereocenters. The lowest BCUT2D eigenvalue weighted by Gasteiger charge is -2.34. The van der Waals surface area contributed by atoms with Crippen molar-refractivity contribution in [3.05, 3.63) is 34.4 Å². The molecule has 3 rings (SSSR count). The van der Waals surface area contributed by atoms with Gasteiger partial charge < -0.3 is 9.80 Å². The van der Waals surface area contributed by atoms with Gasteiger partial charge in [0.15, 0.2) is 11.4 Å². The minimum absolute atomic E-state index is 0.122. The standard InChI is InChI=1S/C18H26N4O5S/c1-15-5-4-8-20(13-15)18(23)14-19-9-11-21(12-10-19)28(26,27)17-7-3-2-6-16(17)22(24)25/h2-3,6-7,15H,4-5,8-14H2,1H3/p+1/t15-/m1/s1. The van der Waals surface area contributed by atoms with Crippen LogP contribution in [-0.2, 0) is 14.8 Å². The molecule has 0 saturated carbocycles. The highest BCUT2D eigenvalue weighted by molar-refractivity contribution is 7.89. The number of carbonyl (C=O) groups excluding carboxylic acids is 1. The van der Waals surface area contributed by atoms with Crippen molar-refractivity contribution >= 4 is 21.6 Å². The molecule has 0 aromatic heterocycles. The number of quaternary nitrogens is 1. The topological polar surface area (TPSA) is 105 Å². The van der Waals surface area contributed by atoms with Crippen LogP contribution in [0.5, 0.6) is 0 Å². The zero-order valence-corrected chi connectivity index (χ0v) is 16.9. The van der Waals surface area contributed by atoms with Gasteiger partial charge in [-0.15, -0.1) is 0 Å². The number of para-hydroxylation sites is 1. The predicted octanol–water partition coefficient (Wildman–Crippen LogP) is -0.257. The Morgan fingerprint density at radius 3 is 2.57 bits per heavy atom. The van der Waals surface area contributed by atoms with Crippen LogP contribution in [0.15, 0.2) is 29.2 Å². The van der Waals surface area contributed by atoms with Crippen molar-refractivity contribution in [3.63, 3.8) is 0 Å². The van der Waals surface area contributed by atoms with Crippen molar-refractivity contribution < 1.29 is 23.0 Å². The first-order valence-electron chi connectivity index (χ1n) is 9.64. The predicted molar refractivity (Wildman–Crippen MR) is 102 cm³/mol. The molecule has 2 heterocycles. The van der Waals surface area contributed by atoms with Crippen molar-refractivity contribution in [1.82, 2.24) is 9.21 Å². The van der Waals surface area contributed by atoms with E-state index < -0.39 is 20.6 Å². The Bertz CT molecular complexity index is 836. The molecule has 1 aromatic carbocycles. The molecule has 0 radical (unpaired) electrons. The van der Waals surface area contributed by atoms with E-state index in [2.05, 4.69) is 6.92 Å². The summed E-state index contributed by atoms with van der Waals surface area (Å²) in [6.45, 7) is 5.62. The Morgan fingerprint density at radius 2 is 1.93 bits per heavy atom. The van der Waals surface area contributed by atoms with E-state index in [4.69, 9.17) is 0 Å². The van der Waals surface area contributed by atoms with E-state index in [1.807, 2.05) is 4.90 Å². The lowest BCUT2D eigenvalue weighted by atomic mass is 10.0. The van der Waals surface area contributed by atoms with Crippen LogP contribution in [0.4, 0.5) is 5.69 Å². The number of hydrogen-bond acceptors (Lipinski definition) is 5. The van der Waals surface area contributed by atoms with Crippen molar-refractivity contribution in [2.24, 2.45) is 5.92 Å². The number of nitro groups is 1. The molecule has 2 aliphatic rings. The van der Waals surface area contributed by atoms with Gasteiger partial charge in [-0.1, -0.05) is 19.1 Å². The highest BCUT2D eigenvalue weighted by atomic mass is 32.2. The summed E-state index contributed by atoms with van der Waals surface area (Å²) in [5.41, 5.74) is -0.410. The lowest BCUT2D eigenvalue weighted by molar-refractivity contribution is -0.896. The number of nitrogens with zero attached hydrogens (tertiary/aromatic N) is 3. The van der Waals surface area contributed by atoms with E-state index in [-0.39, 0.29) is 23.9 Å². The summed E-state index contributed by atoms with van der Waals surface area (Å²) in [7, 11) is -3.93. The molecule has 1 aromatic rings. The minimum atomic E-state index is -3.93. The molecule has 1 N–H and O–H groups in total. The Hall–Kier alpha value is -2.04. The summed E-state index contributed by atoms with van der Waals surface area (Å²) in [6.07, 6.45) is 2.18. The van der Waals surface area contributed by atoms with Crippen LogP contribution in [0, 0.1) is 16.0 Å². The molecule has 1 amide bonds. The van der Waals surface area contributed by atoms with Crippen LogP contribution in [0.3, 0.4) is 0 Å². The Balaban J connectivity index is 1.60. The van der Waals surface area contributed by atoms with Gasteiger partial charge in [-0.2, -0.15) is 4.31 Å². The van der Waals surface area contributed by atoms with Gasteiger partial charge in [0.2, 0.25) is 10.0 Å². The number of nitro benzene ring substituents is 1. The van der Waals surface area contributed by atoms with Gasteiger partial charge in [0.1, 0.15) is 0 Å². The SMILES string of the molecule is C[C@@H]1CCCN(C(=O)C[NH+]2CCN(S(=O)(=O)c3ccccc3[N+](=O)[O-])CC2)C1. The number of amides is 1. The number of sulfonamides is 1. The van der Waals surface area contributed by atoms with E-state index in [0.29, 0.717) is 25.6 Å². The molecule has 2 saturated heterocycles. The van der Waals surface area contributed by atoms with Gasteiger partial charge in [-0.3, -0.25) is 14.9 Å². The summed E-state index contributed by atoms with van der Waals surface area (Å²) >= 11 is 0. The minimum Gasteiger partial charge on any atom is -0.338 e. The summed E-state index contributed by atoms with van der Waals surface area (Å²) in [4.78, 5) is 25.7. The molecule has 9 nitrogen and oxygen atoms in total. The number of piperidine rings is 1. The quantitative estimate of drug-likeness (QED) is 0.531. The first kappa shape index (κ1) is 20.7. The fourth-order valence-corrected chi connectivity index (χ4v) is 5.53. The zero-order chi connectivity index (χ0) is 20.3. The van der Waals surface area contributed by atoms with Gasteiger partial charge in [-0.25, -0.2) is 8.42 Å². The van der Waals surface area contributed by atoms with Crippen LogP contribution in [-0.4, -0.2) is 74.3 Å². The number of nitrogens with one attached hydrogen (secondary N) is 1.